The number of hydrogen-bond acceptors (Lipinski definition) is 4. The maximum atomic E-state index is 13.7. The zero-order valence-corrected chi connectivity index (χ0v) is 15.0. The monoisotopic (exact) mass is 374 g/mol. The molecule has 8 heteroatoms. The largest absolute Gasteiger partial charge is 0.339 e. The number of benzene rings is 1. The molecule has 24 heavy (non-hydrogen) atoms. The Labute approximate surface area is 152 Å². The Bertz CT molecular complexity index is 693. The van der Waals surface area contributed by atoms with E-state index < -0.39 is 5.82 Å². The second-order valence-electron chi connectivity index (χ2n) is 5.67. The van der Waals surface area contributed by atoms with E-state index in [2.05, 4.69) is 15.3 Å². The molecule has 0 aliphatic carbocycles. The molecule has 0 spiro atoms. The molecular weight excluding hydrogens is 354 g/mol. The summed E-state index contributed by atoms with van der Waals surface area (Å²) in [5.74, 6) is -0.0209. The molecule has 1 N–H and O–H groups in total. The highest BCUT2D eigenvalue weighted by Gasteiger charge is 2.25. The summed E-state index contributed by atoms with van der Waals surface area (Å²) in [4.78, 5) is 22.8. The molecule has 0 bridgehead atoms. The number of aromatic nitrogens is 2. The summed E-state index contributed by atoms with van der Waals surface area (Å²) in [5.41, 5.74) is 1.18. The number of likely N-dealkylation sites (tertiary alicyclic amines) is 1. The lowest BCUT2D eigenvalue weighted by atomic mass is 9.96. The van der Waals surface area contributed by atoms with Crippen molar-refractivity contribution >= 4 is 41.8 Å². The van der Waals surface area contributed by atoms with E-state index in [-0.39, 0.29) is 30.7 Å². The summed E-state index contributed by atoms with van der Waals surface area (Å²) >= 11 is 0. The summed E-state index contributed by atoms with van der Waals surface area (Å²) in [6.07, 6.45) is 4.95. The smallest absolute Gasteiger partial charge is 0.256 e. The Kier molecular flexibility index (Phi) is 7.79. The number of carbonyl (C=O) groups is 1. The van der Waals surface area contributed by atoms with Crippen LogP contribution in [0.1, 0.15) is 23.2 Å². The van der Waals surface area contributed by atoms with Gasteiger partial charge in [0.1, 0.15) is 11.3 Å². The van der Waals surface area contributed by atoms with E-state index in [4.69, 9.17) is 0 Å². The normalized spacial score (nSPS) is 14.8. The van der Waals surface area contributed by atoms with Crippen molar-refractivity contribution in [2.45, 2.75) is 12.8 Å². The van der Waals surface area contributed by atoms with Gasteiger partial charge in [0.15, 0.2) is 0 Å². The number of nitrogens with one attached hydrogen (secondary N) is 1. The molecule has 2 heterocycles. The molecule has 1 aromatic carbocycles. The zero-order valence-electron chi connectivity index (χ0n) is 13.4. The third-order valence-corrected chi connectivity index (χ3v) is 4.16. The van der Waals surface area contributed by atoms with E-state index in [1.807, 2.05) is 7.05 Å². The molecule has 1 aromatic heterocycles. The molecular formula is C16H21Cl2FN4O. The van der Waals surface area contributed by atoms with E-state index in [0.29, 0.717) is 35.6 Å². The lowest BCUT2D eigenvalue weighted by Gasteiger charge is -2.32. The summed E-state index contributed by atoms with van der Waals surface area (Å²) < 4.78 is 13.7. The van der Waals surface area contributed by atoms with Crippen molar-refractivity contribution in [1.82, 2.24) is 20.2 Å². The number of carbonyl (C=O) groups excluding carboxylic acids is 1. The van der Waals surface area contributed by atoms with Crippen LogP contribution in [-0.2, 0) is 0 Å². The van der Waals surface area contributed by atoms with Gasteiger partial charge in [-0.3, -0.25) is 14.8 Å². The zero-order chi connectivity index (χ0) is 15.5. The minimum atomic E-state index is -0.457. The van der Waals surface area contributed by atoms with E-state index in [9.17, 15) is 9.18 Å². The van der Waals surface area contributed by atoms with Gasteiger partial charge in [0.05, 0.1) is 11.1 Å². The first kappa shape index (κ1) is 20.5. The van der Waals surface area contributed by atoms with Crippen LogP contribution in [0.15, 0.2) is 24.5 Å². The van der Waals surface area contributed by atoms with Gasteiger partial charge in [0, 0.05) is 31.5 Å². The fourth-order valence-electron chi connectivity index (χ4n) is 3.00. The van der Waals surface area contributed by atoms with Gasteiger partial charge in [-0.05, 0) is 38.4 Å². The number of fused-ring (bicyclic) bond motifs is 1. The minimum absolute atomic E-state index is 0. The standard InChI is InChI=1S/C16H19FN4O.2ClH/c1-18-10-11-2-6-21(7-3-11)16(22)13-8-12(17)9-14-15(13)20-5-4-19-14;;/h4-5,8-9,11,18H,2-3,6-7,10H2,1H3;2*1H. The van der Waals surface area contributed by atoms with Crippen molar-refractivity contribution in [3.8, 4) is 0 Å². The second-order valence-corrected chi connectivity index (χ2v) is 5.67. The first-order chi connectivity index (χ1) is 10.7. The van der Waals surface area contributed by atoms with Crippen LogP contribution in [0.3, 0.4) is 0 Å². The Hall–Kier alpha value is -1.50. The number of nitrogens with zero attached hydrogens (tertiary/aromatic N) is 3. The van der Waals surface area contributed by atoms with Crippen molar-refractivity contribution in [3.05, 3.63) is 35.9 Å². The van der Waals surface area contributed by atoms with Crippen molar-refractivity contribution in [2.24, 2.45) is 5.92 Å². The van der Waals surface area contributed by atoms with Crippen molar-refractivity contribution in [2.75, 3.05) is 26.7 Å². The third kappa shape index (κ3) is 4.32. The van der Waals surface area contributed by atoms with Crippen LogP contribution in [0.25, 0.3) is 11.0 Å². The highest BCUT2D eigenvalue weighted by molar-refractivity contribution is 6.04. The quantitative estimate of drug-likeness (QED) is 0.896. The van der Waals surface area contributed by atoms with Crippen molar-refractivity contribution in [1.29, 1.82) is 0 Å². The summed E-state index contributed by atoms with van der Waals surface area (Å²) in [6, 6.07) is 2.57. The van der Waals surface area contributed by atoms with Crippen LogP contribution in [0.2, 0.25) is 0 Å². The van der Waals surface area contributed by atoms with E-state index in [1.165, 1.54) is 24.5 Å². The van der Waals surface area contributed by atoms with Gasteiger partial charge in [0.25, 0.3) is 5.91 Å². The topological polar surface area (TPSA) is 58.1 Å². The highest BCUT2D eigenvalue weighted by atomic mass is 35.5. The first-order valence-electron chi connectivity index (χ1n) is 7.53. The fraction of sp³-hybridized carbons (Fsp3) is 0.438. The Balaban J connectivity index is 0.00000144. The van der Waals surface area contributed by atoms with E-state index >= 15 is 0 Å². The molecule has 1 amide bonds. The van der Waals surface area contributed by atoms with Crippen LogP contribution in [0.5, 0.6) is 0 Å². The van der Waals surface area contributed by atoms with Gasteiger partial charge in [-0.15, -0.1) is 24.8 Å². The second kappa shape index (κ2) is 9.11. The SMILES string of the molecule is CNCC1CCN(C(=O)c2cc(F)cc3nccnc23)CC1.Cl.Cl. The first-order valence-corrected chi connectivity index (χ1v) is 7.53. The van der Waals surface area contributed by atoms with Crippen molar-refractivity contribution in [3.63, 3.8) is 0 Å². The summed E-state index contributed by atoms with van der Waals surface area (Å²) in [7, 11) is 1.94. The van der Waals surface area contributed by atoms with Gasteiger partial charge in [-0.1, -0.05) is 0 Å². The Morgan fingerprint density at radius 1 is 1.25 bits per heavy atom. The molecule has 2 aromatic rings. The van der Waals surface area contributed by atoms with E-state index in [0.717, 1.165) is 19.4 Å². The summed E-state index contributed by atoms with van der Waals surface area (Å²) in [6.45, 7) is 2.36. The lowest BCUT2D eigenvalue weighted by Crippen LogP contribution is -2.40. The van der Waals surface area contributed by atoms with Gasteiger partial charge in [-0.2, -0.15) is 0 Å². The molecule has 1 saturated heterocycles. The van der Waals surface area contributed by atoms with Crippen LogP contribution < -0.4 is 5.32 Å². The van der Waals surface area contributed by atoms with E-state index in [1.54, 1.807) is 4.90 Å². The Morgan fingerprint density at radius 3 is 2.58 bits per heavy atom. The molecule has 5 nitrogen and oxygen atoms in total. The average Bonchev–Trinajstić information content (AvgIpc) is 2.54. The Morgan fingerprint density at radius 2 is 1.92 bits per heavy atom. The number of halogens is 3. The number of piperidine rings is 1. The number of rotatable bonds is 3. The molecule has 0 unspecified atom stereocenters. The molecule has 3 rings (SSSR count). The average molecular weight is 375 g/mol. The molecule has 1 fully saturated rings. The third-order valence-electron chi connectivity index (χ3n) is 4.16. The minimum Gasteiger partial charge on any atom is -0.339 e. The predicted molar refractivity (Wildman–Crippen MR) is 96.5 cm³/mol. The van der Waals surface area contributed by atoms with Crippen LogP contribution in [-0.4, -0.2) is 47.5 Å². The maximum absolute atomic E-state index is 13.7. The molecule has 1 aliphatic heterocycles. The van der Waals surface area contributed by atoms with Gasteiger partial charge in [0.2, 0.25) is 0 Å². The van der Waals surface area contributed by atoms with Crippen molar-refractivity contribution < 1.29 is 9.18 Å². The van der Waals surface area contributed by atoms with Crippen LogP contribution in [0.4, 0.5) is 4.39 Å². The number of amides is 1. The molecule has 0 saturated carbocycles. The molecule has 132 valence electrons. The van der Waals surface area contributed by atoms with Crippen LogP contribution >= 0.6 is 24.8 Å². The maximum Gasteiger partial charge on any atom is 0.256 e. The highest BCUT2D eigenvalue weighted by Crippen LogP contribution is 2.22. The van der Waals surface area contributed by atoms with Crippen LogP contribution in [0, 0.1) is 11.7 Å². The fourth-order valence-corrected chi connectivity index (χ4v) is 3.00. The summed E-state index contributed by atoms with van der Waals surface area (Å²) in [5, 5.41) is 3.17. The van der Waals surface area contributed by atoms with Gasteiger partial charge in [-0.25, -0.2) is 4.39 Å². The molecule has 0 atom stereocenters. The predicted octanol–water partition coefficient (Wildman–Crippen LogP) is 2.68. The molecule has 1 aliphatic rings. The molecule has 0 radical (unpaired) electrons. The number of hydrogen-bond donors (Lipinski definition) is 1. The van der Waals surface area contributed by atoms with Gasteiger partial charge >= 0.3 is 0 Å². The van der Waals surface area contributed by atoms with Gasteiger partial charge < -0.3 is 10.2 Å². The lowest BCUT2D eigenvalue weighted by molar-refractivity contribution is 0.0692.